The van der Waals surface area contributed by atoms with Gasteiger partial charge in [0.05, 0.1) is 23.0 Å². The van der Waals surface area contributed by atoms with Crippen LogP contribution in [0.5, 0.6) is 5.75 Å². The minimum absolute atomic E-state index is 0.158. The molecule has 0 aromatic heterocycles. The van der Waals surface area contributed by atoms with E-state index in [4.69, 9.17) is 4.74 Å². The Morgan fingerprint density at radius 3 is 2.35 bits per heavy atom. The maximum absolute atomic E-state index is 11.9. The van der Waals surface area contributed by atoms with Gasteiger partial charge >= 0.3 is 0 Å². The van der Waals surface area contributed by atoms with Crippen molar-refractivity contribution < 1.29 is 18.1 Å². The first-order chi connectivity index (χ1) is 12.3. The van der Waals surface area contributed by atoms with Gasteiger partial charge in [0, 0.05) is 6.07 Å². The zero-order valence-electron chi connectivity index (χ0n) is 14.7. The highest BCUT2D eigenvalue weighted by molar-refractivity contribution is 7.89. The van der Waals surface area contributed by atoms with Gasteiger partial charge in [0.1, 0.15) is 11.4 Å². The molecule has 0 aliphatic rings. The number of hydrogen-bond acceptors (Lipinski definition) is 6. The second kappa shape index (κ2) is 8.15. The molecule has 0 bridgehead atoms. The van der Waals surface area contributed by atoms with Crippen molar-refractivity contribution in [2.45, 2.75) is 24.3 Å². The van der Waals surface area contributed by atoms with E-state index in [1.54, 1.807) is 7.11 Å². The molecule has 2 aromatic rings. The normalized spacial score (nSPS) is 12.4. The molecule has 0 aliphatic carbocycles. The van der Waals surface area contributed by atoms with Gasteiger partial charge in [0.15, 0.2) is 0 Å². The Morgan fingerprint density at radius 2 is 1.85 bits per heavy atom. The van der Waals surface area contributed by atoms with Gasteiger partial charge in [-0.05, 0) is 43.3 Å². The molecule has 1 atom stereocenters. The first-order valence-electron chi connectivity index (χ1n) is 7.94. The largest absolute Gasteiger partial charge is 0.497 e. The maximum atomic E-state index is 11.9. The summed E-state index contributed by atoms with van der Waals surface area (Å²) < 4.78 is 31.0. The molecule has 0 aliphatic heterocycles. The van der Waals surface area contributed by atoms with Crippen LogP contribution in [-0.2, 0) is 10.0 Å². The van der Waals surface area contributed by atoms with Crippen LogP contribution in [0.15, 0.2) is 47.4 Å². The van der Waals surface area contributed by atoms with Crippen LogP contribution >= 0.6 is 0 Å². The van der Waals surface area contributed by atoms with Crippen LogP contribution in [0.4, 0.5) is 11.4 Å². The van der Waals surface area contributed by atoms with E-state index in [2.05, 4.69) is 10.0 Å². The standard InChI is InChI=1S/C17H21N3O5S/c1-4-15(12-5-7-13(25-3)8-6-12)19-16-10-9-14(26(23,24)18-2)11-17(16)20(21)22/h5-11,15,18-19H,4H2,1-3H3/t15-/m0/s1. The van der Waals surface area contributed by atoms with Crippen LogP contribution in [0.2, 0.25) is 0 Å². The maximum Gasteiger partial charge on any atom is 0.293 e. The molecule has 2 N–H and O–H groups in total. The second-order valence-corrected chi connectivity index (χ2v) is 7.41. The number of anilines is 1. The molecule has 9 heteroatoms. The number of benzene rings is 2. The first kappa shape index (κ1) is 19.7. The van der Waals surface area contributed by atoms with Gasteiger partial charge in [0.2, 0.25) is 10.0 Å². The monoisotopic (exact) mass is 379 g/mol. The fourth-order valence-electron chi connectivity index (χ4n) is 2.51. The van der Waals surface area contributed by atoms with E-state index >= 15 is 0 Å². The lowest BCUT2D eigenvalue weighted by Crippen LogP contribution is -2.19. The van der Waals surface area contributed by atoms with Crippen LogP contribution in [-0.4, -0.2) is 27.5 Å². The molecule has 2 aromatic carbocycles. The van der Waals surface area contributed by atoms with E-state index in [1.165, 1.54) is 19.2 Å². The number of hydrogen-bond donors (Lipinski definition) is 2. The molecule has 0 saturated carbocycles. The summed E-state index contributed by atoms with van der Waals surface area (Å²) in [6, 6.07) is 11.0. The zero-order chi connectivity index (χ0) is 19.3. The van der Waals surface area contributed by atoms with Crippen molar-refractivity contribution >= 4 is 21.4 Å². The highest BCUT2D eigenvalue weighted by Crippen LogP contribution is 2.32. The topological polar surface area (TPSA) is 111 Å². The van der Waals surface area contributed by atoms with Gasteiger partial charge in [-0.3, -0.25) is 10.1 Å². The van der Waals surface area contributed by atoms with Crippen molar-refractivity contribution in [3.63, 3.8) is 0 Å². The fourth-order valence-corrected chi connectivity index (χ4v) is 3.26. The van der Waals surface area contributed by atoms with E-state index in [9.17, 15) is 18.5 Å². The Morgan fingerprint density at radius 1 is 1.19 bits per heavy atom. The highest BCUT2D eigenvalue weighted by atomic mass is 32.2. The lowest BCUT2D eigenvalue weighted by atomic mass is 10.0. The smallest absolute Gasteiger partial charge is 0.293 e. The lowest BCUT2D eigenvalue weighted by Gasteiger charge is -2.19. The van der Waals surface area contributed by atoms with Gasteiger partial charge in [-0.25, -0.2) is 13.1 Å². The molecule has 0 amide bonds. The third-order valence-corrected chi connectivity index (χ3v) is 5.41. The van der Waals surface area contributed by atoms with Crippen LogP contribution < -0.4 is 14.8 Å². The van der Waals surface area contributed by atoms with E-state index < -0.39 is 14.9 Å². The van der Waals surface area contributed by atoms with Crippen molar-refractivity contribution in [3.8, 4) is 5.75 Å². The Hall–Kier alpha value is -2.65. The van der Waals surface area contributed by atoms with Gasteiger partial charge < -0.3 is 10.1 Å². The molecular weight excluding hydrogens is 358 g/mol. The van der Waals surface area contributed by atoms with Gasteiger partial charge in [0.25, 0.3) is 5.69 Å². The Kier molecular flexibility index (Phi) is 6.17. The molecule has 0 fully saturated rings. The average Bonchev–Trinajstić information content (AvgIpc) is 2.66. The third-order valence-electron chi connectivity index (χ3n) is 4.00. The molecule has 140 valence electrons. The molecular formula is C17H21N3O5S. The summed E-state index contributed by atoms with van der Waals surface area (Å²) in [5.74, 6) is 0.719. The molecule has 0 radical (unpaired) electrons. The molecule has 0 saturated heterocycles. The fraction of sp³-hybridized carbons (Fsp3) is 0.294. The average molecular weight is 379 g/mol. The summed E-state index contributed by atoms with van der Waals surface area (Å²) in [5.41, 5.74) is 0.899. The third kappa shape index (κ3) is 4.30. The van der Waals surface area contributed by atoms with Crippen molar-refractivity contribution in [2.24, 2.45) is 0 Å². The van der Waals surface area contributed by atoms with Gasteiger partial charge in [-0.1, -0.05) is 19.1 Å². The summed E-state index contributed by atoms with van der Waals surface area (Å²) in [4.78, 5) is 10.7. The summed E-state index contributed by atoms with van der Waals surface area (Å²) in [6.07, 6.45) is 0.681. The molecule has 8 nitrogen and oxygen atoms in total. The number of rotatable bonds is 8. The predicted octanol–water partition coefficient (Wildman–Crippen LogP) is 3.07. The number of nitro groups is 1. The predicted molar refractivity (Wildman–Crippen MR) is 99.0 cm³/mol. The summed E-state index contributed by atoms with van der Waals surface area (Å²) in [6.45, 7) is 1.95. The number of sulfonamides is 1. The van der Waals surface area contributed by atoms with E-state index in [-0.39, 0.29) is 22.3 Å². The highest BCUT2D eigenvalue weighted by Gasteiger charge is 2.22. The number of ether oxygens (including phenoxy) is 1. The van der Waals surface area contributed by atoms with Gasteiger partial charge in [-0.2, -0.15) is 0 Å². The number of nitrogens with zero attached hydrogens (tertiary/aromatic N) is 1. The van der Waals surface area contributed by atoms with Crippen LogP contribution in [0.1, 0.15) is 24.9 Å². The first-order valence-corrected chi connectivity index (χ1v) is 9.43. The summed E-state index contributed by atoms with van der Waals surface area (Å²) in [5, 5.41) is 14.5. The number of nitrogens with one attached hydrogen (secondary N) is 2. The molecule has 26 heavy (non-hydrogen) atoms. The molecule has 0 spiro atoms. The SMILES string of the molecule is CC[C@H](Nc1ccc(S(=O)(=O)NC)cc1[N+](=O)[O-])c1ccc(OC)cc1. The lowest BCUT2D eigenvalue weighted by molar-refractivity contribution is -0.384. The van der Waals surface area contributed by atoms with Crippen LogP contribution in [0.25, 0.3) is 0 Å². The van der Waals surface area contributed by atoms with Crippen molar-refractivity contribution in [2.75, 3.05) is 19.5 Å². The van der Waals surface area contributed by atoms with Crippen LogP contribution in [0, 0.1) is 10.1 Å². The quantitative estimate of drug-likeness (QED) is 0.539. The van der Waals surface area contributed by atoms with Crippen molar-refractivity contribution in [1.82, 2.24) is 4.72 Å². The van der Waals surface area contributed by atoms with E-state index in [0.717, 1.165) is 17.4 Å². The van der Waals surface area contributed by atoms with E-state index in [0.29, 0.717) is 6.42 Å². The zero-order valence-corrected chi connectivity index (χ0v) is 15.5. The summed E-state index contributed by atoms with van der Waals surface area (Å²) >= 11 is 0. The Bertz CT molecular complexity index is 882. The minimum Gasteiger partial charge on any atom is -0.497 e. The molecule has 2 rings (SSSR count). The molecule has 0 heterocycles. The Labute approximate surface area is 152 Å². The van der Waals surface area contributed by atoms with E-state index in [1.807, 2.05) is 31.2 Å². The van der Waals surface area contributed by atoms with Crippen molar-refractivity contribution in [1.29, 1.82) is 0 Å². The molecule has 0 unspecified atom stereocenters. The van der Waals surface area contributed by atoms with Crippen molar-refractivity contribution in [3.05, 3.63) is 58.1 Å². The van der Waals surface area contributed by atoms with Crippen LogP contribution in [0.3, 0.4) is 0 Å². The number of nitro benzene ring substituents is 1. The number of methoxy groups -OCH3 is 1. The summed E-state index contributed by atoms with van der Waals surface area (Å²) in [7, 11) is -0.929. The minimum atomic E-state index is -3.76. The second-order valence-electron chi connectivity index (χ2n) is 5.52. The Balaban J connectivity index is 2.38. The van der Waals surface area contributed by atoms with Gasteiger partial charge in [-0.15, -0.1) is 0 Å².